The number of carboxylic acids is 1. The molecule has 0 aliphatic carbocycles. The van der Waals surface area contributed by atoms with Crippen molar-refractivity contribution in [1.82, 2.24) is 0 Å². The third-order valence-corrected chi connectivity index (χ3v) is 2.07. The zero-order valence-corrected chi connectivity index (χ0v) is 13.7. The van der Waals surface area contributed by atoms with Gasteiger partial charge < -0.3 is 15.4 Å². The van der Waals surface area contributed by atoms with Crippen LogP contribution in [0.25, 0.3) is 0 Å². The van der Waals surface area contributed by atoms with Crippen LogP contribution in [0.5, 0.6) is 0 Å². The van der Waals surface area contributed by atoms with E-state index in [1.807, 2.05) is 20.1 Å². The van der Waals surface area contributed by atoms with E-state index >= 15 is 0 Å². The first-order valence-corrected chi connectivity index (χ1v) is 5.59. The Kier molecular flexibility index (Phi) is 28.1. The molecule has 2 N–H and O–H groups in total. The third kappa shape index (κ3) is 21.9. The topological polar surface area (TPSA) is 84.4 Å². The van der Waals surface area contributed by atoms with Gasteiger partial charge in [-0.3, -0.25) is 11.1 Å². The van der Waals surface area contributed by atoms with Gasteiger partial charge in [-0.05, 0) is 6.42 Å². The molecule has 0 aromatic carbocycles. The Morgan fingerprint density at radius 1 is 1.18 bits per heavy atom. The van der Waals surface area contributed by atoms with Crippen molar-refractivity contribution < 1.29 is 49.7 Å². The Balaban J connectivity index is -0.0000000896. The van der Waals surface area contributed by atoms with Gasteiger partial charge in [0.25, 0.3) is 0 Å². The minimum Gasteiger partial charge on any atom is -0.870 e. The van der Waals surface area contributed by atoms with Crippen LogP contribution in [-0.4, -0.2) is 22.8 Å². The van der Waals surface area contributed by atoms with Crippen molar-refractivity contribution in [2.75, 3.05) is 0 Å². The van der Waals surface area contributed by atoms with Gasteiger partial charge in [0.1, 0.15) is 0 Å². The van der Waals surface area contributed by atoms with Gasteiger partial charge in [0.05, 0.1) is 5.92 Å². The van der Waals surface area contributed by atoms with E-state index in [0.717, 1.165) is 25.7 Å². The Bertz CT molecular complexity index is 174. The number of hydrogen-bond acceptors (Lipinski definition) is 3. The predicted octanol–water partition coefficient (Wildman–Crippen LogP) is -0.133. The summed E-state index contributed by atoms with van der Waals surface area (Å²) < 4.78 is 0. The van der Waals surface area contributed by atoms with Crippen LogP contribution in [0, 0.1) is 11.8 Å². The molecule has 0 aliphatic heterocycles. The molecule has 98 valence electrons. The maximum Gasteiger partial charge on any atom is 1.00 e. The maximum atomic E-state index is 10.1. The van der Waals surface area contributed by atoms with Crippen molar-refractivity contribution in [2.45, 2.75) is 53.4 Å². The monoisotopic (exact) mass is 255 g/mol. The molecule has 0 fully saturated rings. The quantitative estimate of drug-likeness (QED) is 0.529. The summed E-state index contributed by atoms with van der Waals surface area (Å²) in [6.45, 7) is 7.66. The molecule has 0 aromatic rings. The minimum atomic E-state index is -0.688. The van der Waals surface area contributed by atoms with Crippen molar-refractivity contribution in [3.05, 3.63) is 0 Å². The van der Waals surface area contributed by atoms with Crippen LogP contribution in [0.4, 0.5) is 0 Å². The zero-order valence-electron chi connectivity index (χ0n) is 11.7. The Morgan fingerprint density at radius 2 is 1.59 bits per heavy atom. The molecule has 17 heavy (non-hydrogen) atoms. The second-order valence-electron chi connectivity index (χ2n) is 3.84. The summed E-state index contributed by atoms with van der Waals surface area (Å²) in [5.41, 5.74) is 0. The number of hydrogen-bond donors (Lipinski definition) is 1. The van der Waals surface area contributed by atoms with Gasteiger partial charge >= 0.3 is 35.5 Å². The Morgan fingerprint density at radius 3 is 1.71 bits per heavy atom. The van der Waals surface area contributed by atoms with Crippen LogP contribution in [0.15, 0.2) is 0 Å². The van der Waals surface area contributed by atoms with Gasteiger partial charge in [0.2, 0.25) is 0 Å². The number of aliphatic carboxylic acids is 1. The first-order chi connectivity index (χ1) is 6.99. The summed E-state index contributed by atoms with van der Waals surface area (Å²) in [6.07, 6.45) is 5.71. The van der Waals surface area contributed by atoms with Crippen molar-refractivity contribution in [1.29, 1.82) is 0 Å². The molecule has 4 nitrogen and oxygen atoms in total. The number of carboxylic acid groups (broad SMARTS) is 1. The zero-order chi connectivity index (χ0) is 12.3. The standard InChI is InChI=1S/C6H12O2.C6H11O.Na.H2O/c1-3-4-5(2)6(7)8;1-3-4-6(2)5-7;;/h5H,3-4H2,1-2H3,(H,7,8);6H,3-4H2,1-2H3;;1H2/q;-1;+1;/p-1. The van der Waals surface area contributed by atoms with E-state index in [1.54, 1.807) is 6.92 Å². The van der Waals surface area contributed by atoms with E-state index in [9.17, 15) is 9.59 Å². The average molecular weight is 255 g/mol. The second-order valence-corrected chi connectivity index (χ2v) is 3.84. The van der Waals surface area contributed by atoms with Crippen molar-refractivity contribution in [3.63, 3.8) is 0 Å². The van der Waals surface area contributed by atoms with Crippen LogP contribution in [-0.2, 0) is 9.59 Å². The first kappa shape index (κ1) is 25.8. The molecule has 0 saturated carbocycles. The van der Waals surface area contributed by atoms with Gasteiger partial charge in [0.15, 0.2) is 0 Å². The van der Waals surface area contributed by atoms with Gasteiger partial charge in [0, 0.05) is 0 Å². The molecule has 0 bridgehead atoms. The molecule has 0 aromatic heterocycles. The molecular formula is C12H24NaO4-. The normalized spacial score (nSPS) is 11.8. The van der Waals surface area contributed by atoms with Gasteiger partial charge in [-0.15, -0.1) is 5.92 Å². The summed E-state index contributed by atoms with van der Waals surface area (Å²) in [6, 6.07) is 0. The largest absolute Gasteiger partial charge is 1.00 e. The number of rotatable bonds is 6. The first-order valence-electron chi connectivity index (χ1n) is 5.59. The van der Waals surface area contributed by atoms with Crippen LogP contribution in [0.1, 0.15) is 53.4 Å². The molecule has 5 heteroatoms. The molecule has 2 unspecified atom stereocenters. The fraction of sp³-hybridized carbons (Fsp3) is 0.833. The number of carbonyl (C=O) groups excluding carboxylic acids is 1. The fourth-order valence-electron chi connectivity index (χ4n) is 1.05. The maximum absolute atomic E-state index is 10.1. The van der Waals surface area contributed by atoms with Crippen LogP contribution in [0.2, 0.25) is 0 Å². The van der Waals surface area contributed by atoms with Gasteiger partial charge in [-0.1, -0.05) is 47.0 Å². The van der Waals surface area contributed by atoms with E-state index in [-0.39, 0.29) is 46.9 Å². The van der Waals surface area contributed by atoms with Crippen LogP contribution < -0.4 is 29.6 Å². The average Bonchev–Trinajstić information content (AvgIpc) is 2.19. The van der Waals surface area contributed by atoms with Crippen LogP contribution in [0.3, 0.4) is 0 Å². The van der Waals surface area contributed by atoms with Crippen molar-refractivity contribution in [2.24, 2.45) is 11.8 Å². The second kappa shape index (κ2) is 18.5. The van der Waals surface area contributed by atoms with Gasteiger partial charge in [-0.2, -0.15) is 0 Å². The molecule has 0 rings (SSSR count). The van der Waals surface area contributed by atoms with E-state index in [1.165, 1.54) is 0 Å². The Hall–Kier alpha value is 0.1000. The summed E-state index contributed by atoms with van der Waals surface area (Å²) in [7, 11) is 0. The van der Waals surface area contributed by atoms with Crippen molar-refractivity contribution in [3.8, 4) is 0 Å². The summed E-state index contributed by atoms with van der Waals surface area (Å²) in [5, 5.41) is 8.31. The smallest absolute Gasteiger partial charge is 0.870 e. The van der Waals surface area contributed by atoms with Crippen LogP contribution >= 0.6 is 0 Å². The SMILES string of the molecule is CCCC(C)C(=O)O.CCCC(C)[C-]=O.[Na+].[OH-]. The predicted molar refractivity (Wildman–Crippen MR) is 63.4 cm³/mol. The summed E-state index contributed by atoms with van der Waals surface area (Å²) >= 11 is 0. The number of carbonyl (C=O) groups is 1. The Labute approximate surface area is 127 Å². The third-order valence-electron chi connectivity index (χ3n) is 2.07. The molecule has 0 aliphatic rings. The molecule has 0 radical (unpaired) electrons. The van der Waals surface area contributed by atoms with E-state index < -0.39 is 5.97 Å². The molecule has 0 spiro atoms. The van der Waals surface area contributed by atoms with E-state index in [4.69, 9.17) is 5.11 Å². The summed E-state index contributed by atoms with van der Waals surface area (Å²) in [5.74, 6) is -0.711. The van der Waals surface area contributed by atoms with E-state index in [0.29, 0.717) is 0 Å². The van der Waals surface area contributed by atoms with E-state index in [2.05, 4.69) is 6.92 Å². The molecule has 0 amide bonds. The van der Waals surface area contributed by atoms with Crippen molar-refractivity contribution >= 4 is 12.3 Å². The summed E-state index contributed by atoms with van der Waals surface area (Å²) in [4.78, 5) is 19.9. The molecule has 2 atom stereocenters. The minimum absolute atomic E-state index is 0. The molecule has 0 saturated heterocycles. The van der Waals surface area contributed by atoms with Gasteiger partial charge in [-0.25, -0.2) is 0 Å². The molecular weight excluding hydrogens is 231 g/mol. The fourth-order valence-corrected chi connectivity index (χ4v) is 1.05. The molecule has 0 heterocycles.